The molecule has 0 spiro atoms. The number of nitrogens with zero attached hydrogens (tertiary/aromatic N) is 4. The van der Waals surface area contributed by atoms with Gasteiger partial charge in [0.1, 0.15) is 24.9 Å². The normalized spacial score (nSPS) is 11.2. The highest BCUT2D eigenvalue weighted by molar-refractivity contribution is 7.33. The van der Waals surface area contributed by atoms with E-state index in [-0.39, 0.29) is 0 Å². The van der Waals surface area contributed by atoms with E-state index in [1.54, 1.807) is 0 Å². The first-order chi connectivity index (χ1) is 31.7. The van der Waals surface area contributed by atoms with Gasteiger partial charge in [0.05, 0.1) is 22.8 Å². The fourth-order valence-corrected chi connectivity index (χ4v) is 9.08. The maximum Gasteiger partial charge on any atom is 0.697 e. The van der Waals surface area contributed by atoms with Crippen molar-refractivity contribution in [3.05, 3.63) is 182 Å². The van der Waals surface area contributed by atoms with Crippen molar-refractivity contribution in [3.63, 3.8) is 0 Å². The highest BCUT2D eigenvalue weighted by atomic mass is 31.1. The SMILES string of the molecule is O=[P+](OCCCCCCCn1c(-c2ccccc2)nc(-c2ccccc2)c1-c1ccccc1)OCCCCCCCn1c(-c2ccccc2)nc(-c2ccccc2)c1-c1ccccc1. The molecule has 0 aliphatic heterocycles. The van der Waals surface area contributed by atoms with Crippen molar-refractivity contribution < 1.29 is 13.6 Å². The lowest BCUT2D eigenvalue weighted by atomic mass is 10.0. The van der Waals surface area contributed by atoms with Crippen molar-refractivity contribution in [1.29, 1.82) is 0 Å². The zero-order valence-electron chi connectivity index (χ0n) is 36.7. The van der Waals surface area contributed by atoms with Gasteiger partial charge in [-0.05, 0) is 25.7 Å². The minimum absolute atomic E-state index is 0.448. The number of benzene rings is 6. The van der Waals surface area contributed by atoms with Gasteiger partial charge < -0.3 is 9.13 Å². The van der Waals surface area contributed by atoms with Gasteiger partial charge in [-0.25, -0.2) is 9.97 Å². The van der Waals surface area contributed by atoms with Crippen LogP contribution in [0.5, 0.6) is 0 Å². The smallest absolute Gasteiger partial charge is 0.323 e. The summed E-state index contributed by atoms with van der Waals surface area (Å²) < 4.78 is 28.5. The topological polar surface area (TPSA) is 71.2 Å². The standard InChI is InChI=1S/C56H58N4O3P/c61-64(62-43-27-5-1-3-25-41-59-53(47-33-17-9-18-34-47)51(45-29-13-7-14-30-45)57-55(59)49-37-21-11-22-38-49)63-44-28-6-2-4-26-42-60-54(48-35-19-10-20-36-48)52(46-31-15-8-16-32-46)58-56(60)50-39-23-12-24-40-50/h7-24,29-40H,1-6,25-28,41-44H2/q+1. The molecule has 324 valence electrons. The third kappa shape index (κ3) is 11.7. The largest absolute Gasteiger partial charge is 0.697 e. The van der Waals surface area contributed by atoms with Crippen LogP contribution < -0.4 is 0 Å². The molecule has 0 saturated carbocycles. The quantitative estimate of drug-likeness (QED) is 0.0447. The van der Waals surface area contributed by atoms with Crippen LogP contribution in [0, 0.1) is 0 Å². The number of aromatic nitrogens is 4. The molecule has 0 saturated heterocycles. The molecule has 2 heterocycles. The molecule has 2 aromatic heterocycles. The molecule has 0 atom stereocenters. The molecule has 0 aliphatic rings. The Balaban J connectivity index is 0.753. The van der Waals surface area contributed by atoms with Gasteiger partial charge in [0, 0.05) is 51.0 Å². The van der Waals surface area contributed by atoms with Gasteiger partial charge in [-0.3, -0.25) is 0 Å². The second-order valence-corrected chi connectivity index (χ2v) is 17.2. The lowest BCUT2D eigenvalue weighted by molar-refractivity contribution is 0.218. The van der Waals surface area contributed by atoms with Crippen LogP contribution in [-0.2, 0) is 26.7 Å². The van der Waals surface area contributed by atoms with Gasteiger partial charge in [0.15, 0.2) is 0 Å². The van der Waals surface area contributed by atoms with Crippen molar-refractivity contribution in [2.24, 2.45) is 0 Å². The molecule has 8 heteroatoms. The van der Waals surface area contributed by atoms with E-state index in [9.17, 15) is 4.57 Å². The zero-order valence-corrected chi connectivity index (χ0v) is 37.6. The maximum atomic E-state index is 12.5. The lowest BCUT2D eigenvalue weighted by Gasteiger charge is -2.13. The maximum absolute atomic E-state index is 12.5. The second kappa shape index (κ2) is 23.4. The summed E-state index contributed by atoms with van der Waals surface area (Å²) in [5.74, 6) is 1.99. The van der Waals surface area contributed by atoms with E-state index in [4.69, 9.17) is 19.0 Å². The average molecular weight is 866 g/mol. The predicted molar refractivity (Wildman–Crippen MR) is 263 cm³/mol. The predicted octanol–water partition coefficient (Wildman–Crippen LogP) is 15.4. The molecular formula is C56H58N4O3P+. The van der Waals surface area contributed by atoms with Gasteiger partial charge in [-0.2, -0.15) is 0 Å². The van der Waals surface area contributed by atoms with Crippen molar-refractivity contribution in [2.75, 3.05) is 13.2 Å². The van der Waals surface area contributed by atoms with E-state index >= 15 is 0 Å². The molecule has 8 aromatic rings. The monoisotopic (exact) mass is 865 g/mol. The molecule has 0 unspecified atom stereocenters. The molecule has 64 heavy (non-hydrogen) atoms. The summed E-state index contributed by atoms with van der Waals surface area (Å²) in [6.45, 7) is 2.64. The summed E-state index contributed by atoms with van der Waals surface area (Å²) in [6.07, 6.45) is 10.2. The van der Waals surface area contributed by atoms with Gasteiger partial charge in [0.2, 0.25) is 0 Å². The summed E-state index contributed by atoms with van der Waals surface area (Å²) in [4.78, 5) is 10.5. The molecule has 0 bridgehead atoms. The molecule has 8 rings (SSSR count). The minimum atomic E-state index is -2.10. The van der Waals surface area contributed by atoms with Crippen LogP contribution in [0.15, 0.2) is 182 Å². The Bertz CT molecular complexity index is 2430. The summed E-state index contributed by atoms with van der Waals surface area (Å²) in [7, 11) is -2.10. The number of unbranched alkanes of at least 4 members (excludes halogenated alkanes) is 8. The van der Waals surface area contributed by atoms with Crippen molar-refractivity contribution in [2.45, 2.75) is 77.3 Å². The molecule has 0 radical (unpaired) electrons. The Morgan fingerprint density at radius 2 is 0.625 bits per heavy atom. The summed E-state index contributed by atoms with van der Waals surface area (Å²) >= 11 is 0. The Kier molecular flexibility index (Phi) is 16.3. The van der Waals surface area contributed by atoms with Crippen molar-refractivity contribution in [1.82, 2.24) is 19.1 Å². The third-order valence-electron chi connectivity index (χ3n) is 11.6. The van der Waals surface area contributed by atoms with E-state index in [0.717, 1.165) is 134 Å². The van der Waals surface area contributed by atoms with Crippen LogP contribution in [0.25, 0.3) is 67.8 Å². The average Bonchev–Trinajstić information content (AvgIpc) is 3.94. The van der Waals surface area contributed by atoms with Crippen LogP contribution in [0.3, 0.4) is 0 Å². The van der Waals surface area contributed by atoms with E-state index < -0.39 is 8.25 Å². The fraction of sp³-hybridized carbons (Fsp3) is 0.250. The summed E-state index contributed by atoms with van der Waals surface area (Å²) in [6, 6.07) is 63.2. The Hall–Kier alpha value is -6.24. The second-order valence-electron chi connectivity index (χ2n) is 16.2. The van der Waals surface area contributed by atoms with E-state index in [2.05, 4.69) is 191 Å². The summed E-state index contributed by atoms with van der Waals surface area (Å²) in [5.41, 5.74) is 11.1. The van der Waals surface area contributed by atoms with Crippen LogP contribution in [0.4, 0.5) is 0 Å². The third-order valence-corrected chi connectivity index (χ3v) is 12.4. The van der Waals surface area contributed by atoms with Crippen molar-refractivity contribution in [3.8, 4) is 67.8 Å². The number of hydrogen-bond acceptors (Lipinski definition) is 5. The first-order valence-electron chi connectivity index (χ1n) is 23.0. The first-order valence-corrected chi connectivity index (χ1v) is 24.1. The molecule has 7 nitrogen and oxygen atoms in total. The number of rotatable bonds is 24. The van der Waals surface area contributed by atoms with Crippen LogP contribution in [-0.4, -0.2) is 32.3 Å². The number of imidazole rings is 2. The molecule has 0 amide bonds. The Morgan fingerprint density at radius 1 is 0.344 bits per heavy atom. The molecule has 0 N–H and O–H groups in total. The van der Waals surface area contributed by atoms with E-state index in [1.807, 2.05) is 0 Å². The molecule has 0 fully saturated rings. The van der Waals surface area contributed by atoms with Crippen LogP contribution in [0.2, 0.25) is 0 Å². The molecule has 0 aliphatic carbocycles. The highest BCUT2D eigenvalue weighted by Crippen LogP contribution is 2.38. The first kappa shape index (κ1) is 44.4. The number of hydrogen-bond donors (Lipinski definition) is 0. The Morgan fingerprint density at radius 3 is 0.969 bits per heavy atom. The minimum Gasteiger partial charge on any atom is -0.323 e. The van der Waals surface area contributed by atoms with Crippen molar-refractivity contribution >= 4 is 8.25 Å². The van der Waals surface area contributed by atoms with Gasteiger partial charge in [-0.1, -0.05) is 221 Å². The lowest BCUT2D eigenvalue weighted by Crippen LogP contribution is -2.03. The van der Waals surface area contributed by atoms with Gasteiger partial charge in [-0.15, -0.1) is 9.05 Å². The van der Waals surface area contributed by atoms with Gasteiger partial charge in [0.25, 0.3) is 0 Å². The van der Waals surface area contributed by atoms with Gasteiger partial charge >= 0.3 is 8.25 Å². The summed E-state index contributed by atoms with van der Waals surface area (Å²) in [5, 5.41) is 0. The van der Waals surface area contributed by atoms with Crippen LogP contribution in [0.1, 0.15) is 64.2 Å². The highest BCUT2D eigenvalue weighted by Gasteiger charge is 2.23. The van der Waals surface area contributed by atoms with E-state index in [1.165, 1.54) is 11.1 Å². The van der Waals surface area contributed by atoms with Crippen LogP contribution >= 0.6 is 8.25 Å². The molecule has 6 aromatic carbocycles. The van der Waals surface area contributed by atoms with E-state index in [0.29, 0.717) is 13.2 Å². The zero-order chi connectivity index (χ0) is 43.6. The Labute approximate surface area is 379 Å². The fourth-order valence-electron chi connectivity index (χ4n) is 8.45. The molecular weight excluding hydrogens is 808 g/mol.